The van der Waals surface area contributed by atoms with E-state index in [4.69, 9.17) is 0 Å². The zero-order valence-corrected chi connectivity index (χ0v) is 8.64. The third-order valence-electron chi connectivity index (χ3n) is 3.41. The number of likely N-dealkylation sites (N-methyl/N-ethyl adjacent to an activating group) is 2. The lowest BCUT2D eigenvalue weighted by atomic mass is 10.0. The largest absolute Gasteiger partial charge is 0.284 e. The van der Waals surface area contributed by atoms with E-state index in [1.54, 1.807) is 0 Å². The highest BCUT2D eigenvalue weighted by Crippen LogP contribution is 2.42. The van der Waals surface area contributed by atoms with Crippen LogP contribution >= 0.6 is 0 Å². The van der Waals surface area contributed by atoms with Crippen molar-refractivity contribution in [2.45, 2.75) is 18.5 Å². The minimum absolute atomic E-state index is 0.216. The molecule has 72 valence electrons. The monoisotopic (exact) mass is 178 g/mol. The fourth-order valence-corrected chi connectivity index (χ4v) is 2.77. The van der Waals surface area contributed by atoms with Crippen molar-refractivity contribution in [2.75, 3.05) is 27.2 Å². The first-order chi connectivity index (χ1) is 6.04. The lowest BCUT2D eigenvalue weighted by Crippen LogP contribution is -2.50. The van der Waals surface area contributed by atoms with Gasteiger partial charge in [0, 0.05) is 25.9 Å². The van der Waals surface area contributed by atoms with Gasteiger partial charge in [0.25, 0.3) is 0 Å². The number of likely N-dealkylation sites (tertiary alicyclic amines) is 2. The molecule has 2 aliphatic rings. The molecule has 0 N–H and O–H groups in total. The lowest BCUT2D eigenvalue weighted by molar-refractivity contribution is 0.0392. The molecule has 2 fully saturated rings. The number of hydrogen-bond donors (Lipinski definition) is 0. The summed E-state index contributed by atoms with van der Waals surface area (Å²) in [6.07, 6.45) is 2.22. The average Bonchev–Trinajstić information content (AvgIpc) is 2.40. The number of rotatable bonds is 0. The molecular formula is C11H18N2. The van der Waals surface area contributed by atoms with Gasteiger partial charge in [-0.1, -0.05) is 24.3 Å². The molecule has 2 nitrogen and oxygen atoms in total. The van der Waals surface area contributed by atoms with Gasteiger partial charge in [0.1, 0.15) is 0 Å². The lowest BCUT2D eigenvalue weighted by Gasteiger charge is -2.37. The van der Waals surface area contributed by atoms with Gasteiger partial charge in [0.15, 0.2) is 0 Å². The highest BCUT2D eigenvalue weighted by molar-refractivity contribution is 5.22. The second kappa shape index (κ2) is 2.69. The van der Waals surface area contributed by atoms with Crippen molar-refractivity contribution in [3.05, 3.63) is 24.3 Å². The molecule has 0 atom stereocenters. The van der Waals surface area contributed by atoms with Crippen molar-refractivity contribution in [3.63, 3.8) is 0 Å². The average molecular weight is 178 g/mol. The summed E-state index contributed by atoms with van der Waals surface area (Å²) >= 11 is 0. The zero-order valence-electron chi connectivity index (χ0n) is 8.64. The Balaban J connectivity index is 2.29. The molecule has 1 spiro atoms. The summed E-state index contributed by atoms with van der Waals surface area (Å²) in [7, 11) is 4.38. The standard InChI is InChI=1S/C11H18N2/c1-9-5-11(12(3)7-9)6-10(2)8-13(11)4/h1-2,5-8H2,3-4H3. The first-order valence-electron chi connectivity index (χ1n) is 4.80. The molecule has 0 aromatic carbocycles. The number of nitrogens with zero attached hydrogens (tertiary/aromatic N) is 2. The molecule has 2 rings (SSSR count). The Hall–Kier alpha value is -0.600. The van der Waals surface area contributed by atoms with Crippen LogP contribution in [0.4, 0.5) is 0 Å². The molecule has 0 aromatic rings. The fourth-order valence-electron chi connectivity index (χ4n) is 2.77. The van der Waals surface area contributed by atoms with Crippen LogP contribution in [0.15, 0.2) is 24.3 Å². The maximum Gasteiger partial charge on any atom is 0.0815 e. The summed E-state index contributed by atoms with van der Waals surface area (Å²) < 4.78 is 0. The van der Waals surface area contributed by atoms with Gasteiger partial charge < -0.3 is 0 Å². The van der Waals surface area contributed by atoms with E-state index in [0.717, 1.165) is 25.9 Å². The Morgan fingerprint density at radius 1 is 1.00 bits per heavy atom. The third kappa shape index (κ3) is 1.17. The Kier molecular flexibility index (Phi) is 1.86. The topological polar surface area (TPSA) is 6.48 Å². The minimum Gasteiger partial charge on any atom is -0.284 e. The van der Waals surface area contributed by atoms with Gasteiger partial charge in [-0.2, -0.15) is 0 Å². The molecule has 0 saturated carbocycles. The van der Waals surface area contributed by atoms with Crippen LogP contribution in [0.1, 0.15) is 12.8 Å². The van der Waals surface area contributed by atoms with E-state index in [1.807, 2.05) is 0 Å². The smallest absolute Gasteiger partial charge is 0.0815 e. The van der Waals surface area contributed by atoms with Crippen molar-refractivity contribution >= 4 is 0 Å². The molecule has 13 heavy (non-hydrogen) atoms. The summed E-state index contributed by atoms with van der Waals surface area (Å²) in [6.45, 7) is 10.2. The SMILES string of the molecule is C=C1CN(C)C2(C1)CC(=C)CN2C. The third-order valence-corrected chi connectivity index (χ3v) is 3.41. The summed E-state index contributed by atoms with van der Waals surface area (Å²) in [5, 5.41) is 0. The highest BCUT2D eigenvalue weighted by atomic mass is 15.4. The van der Waals surface area contributed by atoms with Gasteiger partial charge in [0.05, 0.1) is 5.66 Å². The molecule has 0 aromatic heterocycles. The van der Waals surface area contributed by atoms with Crippen LogP contribution in [0.2, 0.25) is 0 Å². The van der Waals surface area contributed by atoms with Crippen LogP contribution in [0, 0.1) is 0 Å². The predicted molar refractivity (Wildman–Crippen MR) is 55.5 cm³/mol. The zero-order chi connectivity index (χ0) is 9.64. The van der Waals surface area contributed by atoms with Crippen LogP contribution < -0.4 is 0 Å². The summed E-state index contributed by atoms with van der Waals surface area (Å²) in [4.78, 5) is 4.82. The van der Waals surface area contributed by atoms with E-state index in [1.165, 1.54) is 11.1 Å². The Labute approximate surface area is 80.5 Å². The maximum absolute atomic E-state index is 4.09. The molecule has 0 aliphatic carbocycles. The second-order valence-electron chi connectivity index (χ2n) is 4.55. The van der Waals surface area contributed by atoms with E-state index in [9.17, 15) is 0 Å². The number of hydrogen-bond acceptors (Lipinski definition) is 2. The first kappa shape index (κ1) is 8.97. The Morgan fingerprint density at radius 2 is 1.38 bits per heavy atom. The Bertz CT molecular complexity index is 239. The van der Waals surface area contributed by atoms with E-state index >= 15 is 0 Å². The summed E-state index contributed by atoms with van der Waals surface area (Å²) in [5.74, 6) is 0. The summed E-state index contributed by atoms with van der Waals surface area (Å²) in [6, 6.07) is 0. The quantitative estimate of drug-likeness (QED) is 0.518. The van der Waals surface area contributed by atoms with Crippen LogP contribution in [-0.2, 0) is 0 Å². The van der Waals surface area contributed by atoms with Crippen molar-refractivity contribution in [2.24, 2.45) is 0 Å². The van der Waals surface area contributed by atoms with Crippen LogP contribution in [0.5, 0.6) is 0 Å². The van der Waals surface area contributed by atoms with Crippen molar-refractivity contribution in [1.82, 2.24) is 9.80 Å². The van der Waals surface area contributed by atoms with E-state index in [2.05, 4.69) is 37.1 Å². The van der Waals surface area contributed by atoms with Crippen molar-refractivity contribution in [3.8, 4) is 0 Å². The molecule has 0 radical (unpaired) electrons. The van der Waals surface area contributed by atoms with Gasteiger partial charge in [-0.25, -0.2) is 0 Å². The molecule has 2 heteroatoms. The fraction of sp³-hybridized carbons (Fsp3) is 0.636. The maximum atomic E-state index is 4.09. The van der Waals surface area contributed by atoms with E-state index in [-0.39, 0.29) is 5.66 Å². The van der Waals surface area contributed by atoms with E-state index < -0.39 is 0 Å². The Morgan fingerprint density at radius 3 is 1.62 bits per heavy atom. The molecule has 2 heterocycles. The molecule has 0 amide bonds. The van der Waals surface area contributed by atoms with Gasteiger partial charge in [-0.3, -0.25) is 9.80 Å². The molecule has 0 unspecified atom stereocenters. The van der Waals surface area contributed by atoms with E-state index in [0.29, 0.717) is 0 Å². The second-order valence-corrected chi connectivity index (χ2v) is 4.55. The van der Waals surface area contributed by atoms with Gasteiger partial charge >= 0.3 is 0 Å². The highest BCUT2D eigenvalue weighted by Gasteiger charge is 2.47. The van der Waals surface area contributed by atoms with Crippen LogP contribution in [0.25, 0.3) is 0 Å². The first-order valence-corrected chi connectivity index (χ1v) is 4.80. The predicted octanol–water partition coefficient (Wildman–Crippen LogP) is 1.47. The van der Waals surface area contributed by atoms with Crippen LogP contribution in [0.3, 0.4) is 0 Å². The summed E-state index contributed by atoms with van der Waals surface area (Å²) in [5.41, 5.74) is 2.92. The minimum atomic E-state index is 0.216. The van der Waals surface area contributed by atoms with Crippen LogP contribution in [-0.4, -0.2) is 42.6 Å². The van der Waals surface area contributed by atoms with Gasteiger partial charge in [-0.05, 0) is 14.1 Å². The molecule has 2 saturated heterocycles. The van der Waals surface area contributed by atoms with Gasteiger partial charge in [-0.15, -0.1) is 0 Å². The molecule has 2 aliphatic heterocycles. The molecule has 0 bridgehead atoms. The molecular weight excluding hydrogens is 160 g/mol. The van der Waals surface area contributed by atoms with Gasteiger partial charge in [0.2, 0.25) is 0 Å². The van der Waals surface area contributed by atoms with Crippen molar-refractivity contribution in [1.29, 1.82) is 0 Å². The normalized spacial score (nSPS) is 29.4. The van der Waals surface area contributed by atoms with Crippen molar-refractivity contribution < 1.29 is 0 Å².